The highest BCUT2D eigenvalue weighted by Gasteiger charge is 2.62. The number of carbonyl (C=O) groups is 4. The molecule has 16 nitrogen and oxygen atoms in total. The molecule has 2 aromatic rings. The number of hydrogen-bond acceptors (Lipinski definition) is 12. The van der Waals surface area contributed by atoms with Crippen molar-refractivity contribution in [1.29, 1.82) is 0 Å². The number of amides is 4. The topological polar surface area (TPSA) is 198 Å². The Morgan fingerprint density at radius 2 is 1.83 bits per heavy atom. The van der Waals surface area contributed by atoms with Gasteiger partial charge in [-0.2, -0.15) is 4.98 Å². The van der Waals surface area contributed by atoms with Gasteiger partial charge in [-0.3, -0.25) is 19.1 Å². The van der Waals surface area contributed by atoms with Crippen molar-refractivity contribution in [3.63, 3.8) is 0 Å². The number of pyridine rings is 1. The van der Waals surface area contributed by atoms with Crippen molar-refractivity contribution in [2.75, 3.05) is 45.7 Å². The van der Waals surface area contributed by atoms with Gasteiger partial charge in [0.15, 0.2) is 0 Å². The second-order valence-electron chi connectivity index (χ2n) is 16.0. The van der Waals surface area contributed by atoms with Crippen LogP contribution in [0.2, 0.25) is 0 Å². The summed E-state index contributed by atoms with van der Waals surface area (Å²) in [6.07, 6.45) is 2.73. The maximum absolute atomic E-state index is 14.5. The first-order chi connectivity index (χ1) is 25.5. The van der Waals surface area contributed by atoms with E-state index in [2.05, 4.69) is 20.7 Å². The number of rotatable bonds is 8. The van der Waals surface area contributed by atoms with Gasteiger partial charge in [-0.25, -0.2) is 13.2 Å². The third-order valence-electron chi connectivity index (χ3n) is 10.4. The number of nitrogens with one attached hydrogen (secondary N) is 4. The van der Waals surface area contributed by atoms with Crippen LogP contribution in [0.4, 0.5) is 10.6 Å². The maximum atomic E-state index is 14.5. The Balaban J connectivity index is 1.33. The standard InChI is InChI=1S/C37H53N7O9S/c1-36(2,3)53-35(48)39-28-20-38-15-9-7-8-10-23-19-37(23,34(47)42-54(49,50)26-12-13-26)41-31(45)29-18-25(21-44(29)33(28)46)52-32-27-14-11-24(51-6)16-22(27)17-30(40-32)43(4)5/h11,14,16-17,23,25-26,28-29,38H,7-10,12-13,15,18-21H2,1-6H3,(H,39,48)(H,41,45)(H,42,47)/t23-,25-,28+,29+,37-/m1/s1. The molecule has 296 valence electrons. The average Bonchev–Trinajstić information content (AvgIpc) is 4.02. The molecule has 2 saturated carbocycles. The minimum absolute atomic E-state index is 0.0341. The molecular formula is C37H53N7O9S. The van der Waals surface area contributed by atoms with Crippen LogP contribution in [-0.4, -0.2) is 118 Å². The molecule has 4 N–H and O–H groups in total. The minimum atomic E-state index is -3.88. The number of carbonyl (C=O) groups excluding carboxylic acids is 4. The number of benzene rings is 1. The van der Waals surface area contributed by atoms with Gasteiger partial charge < -0.3 is 40.0 Å². The van der Waals surface area contributed by atoms with Gasteiger partial charge in [-0.05, 0) is 95.0 Å². The summed E-state index contributed by atoms with van der Waals surface area (Å²) >= 11 is 0. The predicted molar refractivity (Wildman–Crippen MR) is 201 cm³/mol. The summed E-state index contributed by atoms with van der Waals surface area (Å²) in [7, 11) is 1.41. The van der Waals surface area contributed by atoms with Crippen molar-refractivity contribution < 1.29 is 41.8 Å². The Morgan fingerprint density at radius 3 is 2.52 bits per heavy atom. The van der Waals surface area contributed by atoms with E-state index >= 15 is 0 Å². The van der Waals surface area contributed by atoms with Gasteiger partial charge in [0.2, 0.25) is 27.7 Å². The summed E-state index contributed by atoms with van der Waals surface area (Å²) in [5, 5.41) is 9.79. The van der Waals surface area contributed by atoms with E-state index in [-0.39, 0.29) is 31.8 Å². The number of alkyl carbamates (subject to hydrolysis) is 1. The Bertz CT molecular complexity index is 1880. The first-order valence-electron chi connectivity index (χ1n) is 18.7. The normalized spacial score (nSPS) is 26.7. The minimum Gasteiger partial charge on any atom is -0.497 e. The van der Waals surface area contributed by atoms with Crippen LogP contribution in [0.5, 0.6) is 11.6 Å². The van der Waals surface area contributed by atoms with E-state index in [4.69, 9.17) is 19.2 Å². The molecule has 4 amide bonds. The molecule has 1 aromatic heterocycles. The number of anilines is 1. The second-order valence-corrected chi connectivity index (χ2v) is 18.0. The van der Waals surface area contributed by atoms with Crippen molar-refractivity contribution in [2.45, 2.75) is 107 Å². The Kier molecular flexibility index (Phi) is 11.2. The summed E-state index contributed by atoms with van der Waals surface area (Å²) in [5.41, 5.74) is -2.25. The maximum Gasteiger partial charge on any atom is 0.408 e. The van der Waals surface area contributed by atoms with E-state index in [1.165, 1.54) is 4.90 Å². The summed E-state index contributed by atoms with van der Waals surface area (Å²) in [6.45, 7) is 5.77. The van der Waals surface area contributed by atoms with Crippen LogP contribution in [0, 0.1) is 5.92 Å². The zero-order chi connectivity index (χ0) is 39.0. The molecule has 3 heterocycles. The Morgan fingerprint density at radius 1 is 1.07 bits per heavy atom. The van der Waals surface area contributed by atoms with Crippen LogP contribution >= 0.6 is 0 Å². The first kappa shape index (κ1) is 39.3. The lowest BCUT2D eigenvalue weighted by atomic mass is 10.1. The lowest BCUT2D eigenvalue weighted by molar-refractivity contribution is -0.141. The highest BCUT2D eigenvalue weighted by atomic mass is 32.2. The Hall–Kier alpha value is -4.38. The number of fused-ring (bicyclic) bond motifs is 3. The molecule has 0 bridgehead atoms. The van der Waals surface area contributed by atoms with E-state index in [0.29, 0.717) is 48.6 Å². The number of hydrogen-bond donors (Lipinski definition) is 4. The lowest BCUT2D eigenvalue weighted by Gasteiger charge is -2.30. The monoisotopic (exact) mass is 771 g/mol. The summed E-state index contributed by atoms with van der Waals surface area (Å²) < 4.78 is 45.4. The fourth-order valence-corrected chi connectivity index (χ4v) is 8.60. The molecule has 0 radical (unpaired) electrons. The molecule has 0 unspecified atom stereocenters. The van der Waals surface area contributed by atoms with Crippen molar-refractivity contribution in [3.05, 3.63) is 24.3 Å². The summed E-state index contributed by atoms with van der Waals surface area (Å²) in [4.78, 5) is 63.6. The van der Waals surface area contributed by atoms with Crippen molar-refractivity contribution in [1.82, 2.24) is 30.6 Å². The highest BCUT2D eigenvalue weighted by Crippen LogP contribution is 2.48. The molecular weight excluding hydrogens is 719 g/mol. The van der Waals surface area contributed by atoms with E-state index in [0.717, 1.165) is 24.6 Å². The van der Waals surface area contributed by atoms with E-state index in [9.17, 15) is 27.6 Å². The SMILES string of the molecule is COc1ccc2c(O[C@@H]3C[C@H]4C(=O)N[C@]5(C(=O)NS(=O)(=O)C6CC6)C[C@H]5CCCCCNC[C@H](NC(=O)OC(C)(C)C)C(=O)N4C3)nc(N(C)C)cc2c1. The molecule has 4 aliphatic rings. The summed E-state index contributed by atoms with van der Waals surface area (Å²) in [6, 6.07) is 5.18. The lowest BCUT2D eigenvalue weighted by Crippen LogP contribution is -2.59. The largest absolute Gasteiger partial charge is 0.497 e. The first-order valence-corrected chi connectivity index (χ1v) is 20.3. The van der Waals surface area contributed by atoms with Crippen LogP contribution in [-0.2, 0) is 29.1 Å². The molecule has 4 fully saturated rings. The van der Waals surface area contributed by atoms with E-state index in [1.807, 2.05) is 37.2 Å². The predicted octanol–water partition coefficient (Wildman–Crippen LogP) is 2.20. The van der Waals surface area contributed by atoms with Gasteiger partial charge in [-0.1, -0.05) is 12.8 Å². The molecule has 6 rings (SSSR count). The molecule has 17 heteroatoms. The smallest absolute Gasteiger partial charge is 0.408 e. The zero-order valence-electron chi connectivity index (χ0n) is 31.9. The fraction of sp³-hybridized carbons (Fsp3) is 0.649. The average molecular weight is 772 g/mol. The van der Waals surface area contributed by atoms with E-state index < -0.39 is 68.4 Å². The van der Waals surface area contributed by atoms with Crippen LogP contribution in [0.1, 0.15) is 72.1 Å². The number of methoxy groups -OCH3 is 1. The van der Waals surface area contributed by atoms with Gasteiger partial charge in [0.25, 0.3) is 5.91 Å². The number of aromatic nitrogens is 1. The fourth-order valence-electron chi connectivity index (χ4n) is 7.23. The molecule has 1 aromatic carbocycles. The molecule has 54 heavy (non-hydrogen) atoms. The van der Waals surface area contributed by atoms with Gasteiger partial charge in [0.1, 0.15) is 40.9 Å². The second kappa shape index (κ2) is 15.4. The third kappa shape index (κ3) is 8.94. The molecule has 2 saturated heterocycles. The quantitative estimate of drug-likeness (QED) is 0.306. The molecule has 2 aliphatic carbocycles. The van der Waals surface area contributed by atoms with Gasteiger partial charge in [0, 0.05) is 32.4 Å². The number of sulfonamides is 1. The van der Waals surface area contributed by atoms with Crippen LogP contribution in [0.3, 0.4) is 0 Å². The molecule has 2 aliphatic heterocycles. The zero-order valence-corrected chi connectivity index (χ0v) is 32.7. The van der Waals surface area contributed by atoms with Crippen LogP contribution < -0.4 is 35.0 Å². The van der Waals surface area contributed by atoms with Gasteiger partial charge in [0.05, 0.1) is 18.9 Å². The number of nitrogens with zero attached hydrogens (tertiary/aromatic N) is 3. The van der Waals surface area contributed by atoms with Crippen molar-refractivity contribution in [2.24, 2.45) is 5.92 Å². The Labute approximate surface area is 316 Å². The van der Waals surface area contributed by atoms with Crippen LogP contribution in [0.25, 0.3) is 10.8 Å². The van der Waals surface area contributed by atoms with Crippen LogP contribution in [0.15, 0.2) is 24.3 Å². The molecule has 5 atom stereocenters. The van der Waals surface area contributed by atoms with E-state index in [1.54, 1.807) is 33.9 Å². The van der Waals surface area contributed by atoms with Crippen molar-refractivity contribution in [3.8, 4) is 11.6 Å². The van der Waals surface area contributed by atoms with Gasteiger partial charge in [-0.15, -0.1) is 0 Å². The van der Waals surface area contributed by atoms with Crippen molar-refractivity contribution >= 4 is 50.4 Å². The summed E-state index contributed by atoms with van der Waals surface area (Å²) in [5.74, 6) is -0.604. The highest BCUT2D eigenvalue weighted by molar-refractivity contribution is 7.91. The molecule has 0 spiro atoms. The van der Waals surface area contributed by atoms with Gasteiger partial charge >= 0.3 is 6.09 Å². The number of ether oxygens (including phenoxy) is 3. The third-order valence-corrected chi connectivity index (χ3v) is 12.2.